The van der Waals surface area contributed by atoms with Crippen LogP contribution in [-0.2, 0) is 0 Å². The quantitative estimate of drug-likeness (QED) is 0.893. The van der Waals surface area contributed by atoms with Gasteiger partial charge in [0.2, 0.25) is 0 Å². The van der Waals surface area contributed by atoms with Gasteiger partial charge in [0.05, 0.1) is 18.3 Å². The van der Waals surface area contributed by atoms with E-state index in [4.69, 9.17) is 0 Å². The van der Waals surface area contributed by atoms with Crippen molar-refractivity contribution in [1.82, 2.24) is 24.8 Å². The fourth-order valence-electron chi connectivity index (χ4n) is 3.52. The van der Waals surface area contributed by atoms with Crippen LogP contribution in [-0.4, -0.2) is 66.9 Å². The Morgan fingerprint density at radius 1 is 1.23 bits per heavy atom. The highest BCUT2D eigenvalue weighted by molar-refractivity contribution is 5.96. The second-order valence-corrected chi connectivity index (χ2v) is 6.62. The molecule has 2 heterocycles. The Labute approximate surface area is 150 Å². The number of piperazine rings is 1. The number of carbonyl (C=O) groups is 2. The zero-order chi connectivity index (χ0) is 18.4. The minimum Gasteiger partial charge on any atom is -0.508 e. The van der Waals surface area contributed by atoms with Gasteiger partial charge in [-0.15, -0.1) is 5.10 Å². The third-order valence-electron chi connectivity index (χ3n) is 5.04. The van der Waals surface area contributed by atoms with Crippen LogP contribution in [0.25, 0.3) is 6.20 Å². The van der Waals surface area contributed by atoms with Crippen LogP contribution in [0.3, 0.4) is 0 Å². The highest BCUT2D eigenvalue weighted by atomic mass is 16.3. The Bertz CT molecular complexity index is 906. The first-order valence-corrected chi connectivity index (χ1v) is 8.45. The Morgan fingerprint density at radius 3 is 2.58 bits per heavy atom. The van der Waals surface area contributed by atoms with E-state index < -0.39 is 0 Å². The van der Waals surface area contributed by atoms with Gasteiger partial charge in [-0.3, -0.25) is 9.59 Å². The number of nitrogens with zero attached hydrogens (tertiary/aromatic N) is 5. The molecule has 2 aromatic rings. The summed E-state index contributed by atoms with van der Waals surface area (Å²) in [6.45, 7) is 6.32. The second kappa shape index (κ2) is 5.98. The predicted molar refractivity (Wildman–Crippen MR) is 93.5 cm³/mol. The lowest BCUT2D eigenvalue weighted by Crippen LogP contribution is -2.50. The average Bonchev–Trinajstić information content (AvgIpc) is 3.30. The van der Waals surface area contributed by atoms with E-state index in [1.807, 2.05) is 4.90 Å². The van der Waals surface area contributed by atoms with Crippen LogP contribution in [0.5, 0.6) is 5.75 Å². The fourth-order valence-corrected chi connectivity index (χ4v) is 3.52. The van der Waals surface area contributed by atoms with Crippen LogP contribution in [0.2, 0.25) is 0 Å². The standard InChI is InChI=1S/C18H19N5O3/c1-3-23-15(10-19-20-23)18(26)22-7-6-21(13-9-14(13)22)17(25)12-4-5-16(24)11(2)8-12/h3-5,8,10,13-14,24H,1,6-7,9H2,2H3. The molecule has 0 spiro atoms. The van der Waals surface area contributed by atoms with Gasteiger partial charge in [-0.1, -0.05) is 11.8 Å². The number of amides is 2. The lowest BCUT2D eigenvalue weighted by atomic mass is 10.1. The monoisotopic (exact) mass is 353 g/mol. The molecular weight excluding hydrogens is 334 g/mol. The zero-order valence-corrected chi connectivity index (χ0v) is 14.4. The van der Waals surface area contributed by atoms with Crippen molar-refractivity contribution in [2.24, 2.45) is 0 Å². The molecular formula is C18H19N5O3. The maximum absolute atomic E-state index is 12.8. The van der Waals surface area contributed by atoms with Gasteiger partial charge in [0.15, 0.2) is 5.69 Å². The van der Waals surface area contributed by atoms with E-state index in [1.165, 1.54) is 23.1 Å². The third-order valence-corrected chi connectivity index (χ3v) is 5.04. The van der Waals surface area contributed by atoms with E-state index in [-0.39, 0.29) is 29.6 Å². The normalized spacial score (nSPS) is 21.3. The number of hydrogen-bond donors (Lipinski definition) is 1. The zero-order valence-electron chi connectivity index (χ0n) is 14.4. The van der Waals surface area contributed by atoms with Crippen molar-refractivity contribution in [3.63, 3.8) is 0 Å². The third kappa shape index (κ3) is 2.54. The highest BCUT2D eigenvalue weighted by Crippen LogP contribution is 2.38. The van der Waals surface area contributed by atoms with Crippen molar-refractivity contribution < 1.29 is 14.7 Å². The lowest BCUT2D eigenvalue weighted by molar-refractivity contribution is 0.0522. The van der Waals surface area contributed by atoms with Gasteiger partial charge in [-0.25, -0.2) is 4.68 Å². The van der Waals surface area contributed by atoms with E-state index in [0.29, 0.717) is 29.9 Å². The molecule has 1 aromatic carbocycles. The Kier molecular flexibility index (Phi) is 3.75. The Balaban J connectivity index is 1.49. The molecule has 2 atom stereocenters. The van der Waals surface area contributed by atoms with Crippen molar-refractivity contribution in [3.8, 4) is 5.75 Å². The molecule has 8 heteroatoms. The molecule has 1 aliphatic heterocycles. The number of aromatic nitrogens is 3. The van der Waals surface area contributed by atoms with Gasteiger partial charge in [-0.05, 0) is 37.1 Å². The minimum atomic E-state index is -0.144. The molecule has 134 valence electrons. The number of aryl methyl sites for hydroxylation is 1. The Morgan fingerprint density at radius 2 is 1.92 bits per heavy atom. The van der Waals surface area contributed by atoms with E-state index >= 15 is 0 Å². The summed E-state index contributed by atoms with van der Waals surface area (Å²) < 4.78 is 1.36. The van der Waals surface area contributed by atoms with Gasteiger partial charge in [0.25, 0.3) is 11.8 Å². The summed E-state index contributed by atoms with van der Waals surface area (Å²) >= 11 is 0. The molecule has 2 unspecified atom stereocenters. The summed E-state index contributed by atoms with van der Waals surface area (Å²) in [6, 6.07) is 4.92. The number of carbonyl (C=O) groups excluding carboxylic acids is 2. The molecule has 2 aliphatic rings. The topological polar surface area (TPSA) is 91.6 Å². The van der Waals surface area contributed by atoms with Gasteiger partial charge in [0.1, 0.15) is 5.75 Å². The molecule has 2 fully saturated rings. The van der Waals surface area contributed by atoms with Crippen molar-refractivity contribution in [2.45, 2.75) is 25.4 Å². The molecule has 1 aliphatic carbocycles. The maximum atomic E-state index is 12.8. The van der Waals surface area contributed by atoms with Crippen LogP contribution < -0.4 is 0 Å². The molecule has 2 amide bonds. The summed E-state index contributed by atoms with van der Waals surface area (Å²) in [4.78, 5) is 29.2. The predicted octanol–water partition coefficient (Wildman–Crippen LogP) is 1.13. The molecule has 4 rings (SSSR count). The first-order chi connectivity index (χ1) is 12.5. The summed E-state index contributed by atoms with van der Waals surface area (Å²) in [5, 5.41) is 17.2. The maximum Gasteiger partial charge on any atom is 0.274 e. The molecule has 1 saturated carbocycles. The SMILES string of the molecule is C=Cn1nncc1C(=O)N1CCN(C(=O)c2ccc(O)c(C)c2)C2CC21. The summed E-state index contributed by atoms with van der Waals surface area (Å²) in [7, 11) is 0. The number of benzene rings is 1. The van der Waals surface area contributed by atoms with Crippen molar-refractivity contribution >= 4 is 18.0 Å². The number of aromatic hydroxyl groups is 1. The largest absolute Gasteiger partial charge is 0.508 e. The lowest BCUT2D eigenvalue weighted by Gasteiger charge is -2.34. The summed E-state index contributed by atoms with van der Waals surface area (Å²) in [5.41, 5.74) is 1.60. The number of hydrogen-bond acceptors (Lipinski definition) is 5. The molecule has 26 heavy (non-hydrogen) atoms. The first-order valence-electron chi connectivity index (χ1n) is 8.45. The van der Waals surface area contributed by atoms with Gasteiger partial charge < -0.3 is 14.9 Å². The van der Waals surface area contributed by atoms with E-state index in [0.717, 1.165) is 6.42 Å². The molecule has 1 aromatic heterocycles. The number of fused-ring (bicyclic) bond motifs is 1. The van der Waals surface area contributed by atoms with E-state index in [2.05, 4.69) is 16.9 Å². The average molecular weight is 353 g/mol. The smallest absolute Gasteiger partial charge is 0.274 e. The molecule has 0 radical (unpaired) electrons. The van der Waals surface area contributed by atoms with Crippen molar-refractivity contribution in [3.05, 3.63) is 47.8 Å². The van der Waals surface area contributed by atoms with E-state index in [9.17, 15) is 14.7 Å². The molecule has 0 bridgehead atoms. The van der Waals surface area contributed by atoms with Crippen molar-refractivity contribution in [1.29, 1.82) is 0 Å². The first kappa shape index (κ1) is 16.3. The fraction of sp³-hybridized carbons (Fsp3) is 0.333. The summed E-state index contributed by atoms with van der Waals surface area (Å²) in [5.74, 6) is -0.0332. The van der Waals surface area contributed by atoms with E-state index in [1.54, 1.807) is 24.0 Å². The summed E-state index contributed by atoms with van der Waals surface area (Å²) in [6.07, 6.45) is 3.64. The molecule has 1 N–H and O–H groups in total. The van der Waals surface area contributed by atoms with Crippen LogP contribution in [0.15, 0.2) is 31.0 Å². The van der Waals surface area contributed by atoms with Crippen molar-refractivity contribution in [2.75, 3.05) is 13.1 Å². The minimum absolute atomic E-state index is 0.0200. The molecule has 8 nitrogen and oxygen atoms in total. The number of phenols is 1. The second-order valence-electron chi connectivity index (χ2n) is 6.62. The number of phenolic OH excluding ortho intramolecular Hbond substituents is 1. The van der Waals surface area contributed by atoms with Crippen LogP contribution in [0.1, 0.15) is 32.8 Å². The number of rotatable bonds is 3. The van der Waals surface area contributed by atoms with Gasteiger partial charge >= 0.3 is 0 Å². The van der Waals surface area contributed by atoms with Gasteiger partial charge in [0, 0.05) is 24.9 Å². The van der Waals surface area contributed by atoms with Crippen LogP contribution >= 0.6 is 0 Å². The van der Waals surface area contributed by atoms with Crippen LogP contribution in [0, 0.1) is 6.92 Å². The Hall–Kier alpha value is -3.16. The van der Waals surface area contributed by atoms with Crippen LogP contribution in [0.4, 0.5) is 0 Å². The highest BCUT2D eigenvalue weighted by Gasteiger charge is 2.52. The molecule has 1 saturated heterocycles. The van der Waals surface area contributed by atoms with Gasteiger partial charge in [-0.2, -0.15) is 0 Å².